The first-order valence-electron chi connectivity index (χ1n) is 8.34. The van der Waals surface area contributed by atoms with E-state index in [4.69, 9.17) is 10.00 Å². The van der Waals surface area contributed by atoms with E-state index in [1.807, 2.05) is 43.3 Å². The first kappa shape index (κ1) is 18.6. The average Bonchev–Trinajstić information content (AvgIpc) is 3.11. The van der Waals surface area contributed by atoms with Crippen LogP contribution < -0.4 is 4.74 Å². The molecule has 0 radical (unpaired) electrons. The Hall–Kier alpha value is -3.17. The lowest BCUT2D eigenvalue weighted by Gasteiger charge is -2.18. The van der Waals surface area contributed by atoms with Crippen LogP contribution in [0.1, 0.15) is 33.4 Å². The second-order valence-corrected chi connectivity index (χ2v) is 7.38. The molecule has 0 saturated carbocycles. The van der Waals surface area contributed by atoms with Crippen molar-refractivity contribution in [2.75, 3.05) is 7.11 Å². The molecule has 3 rings (SSSR count). The predicted octanol–water partition coefficient (Wildman–Crippen LogP) is 4.61. The Morgan fingerprint density at radius 1 is 1.30 bits per heavy atom. The number of aromatic nitrogens is 1. The summed E-state index contributed by atoms with van der Waals surface area (Å²) in [6, 6.07) is 15.1. The number of thiazole rings is 1. The monoisotopic (exact) mass is 378 g/mol. The van der Waals surface area contributed by atoms with Crippen LogP contribution in [-0.2, 0) is 4.79 Å². The minimum atomic E-state index is -0.896. The molecule has 0 aliphatic carbocycles. The van der Waals surface area contributed by atoms with Gasteiger partial charge in [0.2, 0.25) is 0 Å². The number of carboxylic acid groups (broad SMARTS) is 1. The van der Waals surface area contributed by atoms with E-state index in [0.29, 0.717) is 11.3 Å². The number of rotatable bonds is 6. The molecule has 0 bridgehead atoms. The van der Waals surface area contributed by atoms with Gasteiger partial charge in [-0.25, -0.2) is 4.98 Å². The fourth-order valence-electron chi connectivity index (χ4n) is 2.99. The van der Waals surface area contributed by atoms with E-state index in [9.17, 15) is 9.90 Å². The molecule has 0 spiro atoms. The Kier molecular flexibility index (Phi) is 5.53. The molecule has 0 aliphatic rings. The highest BCUT2D eigenvalue weighted by Gasteiger charge is 2.24. The van der Waals surface area contributed by atoms with Gasteiger partial charge < -0.3 is 9.84 Å². The Balaban J connectivity index is 2.13. The highest BCUT2D eigenvalue weighted by atomic mass is 32.1. The van der Waals surface area contributed by atoms with Gasteiger partial charge in [-0.05, 0) is 42.3 Å². The molecule has 6 heteroatoms. The molecule has 1 unspecified atom stereocenters. The lowest BCUT2D eigenvalue weighted by atomic mass is 9.91. The fraction of sp³-hybridized carbons (Fsp3) is 0.190. The van der Waals surface area contributed by atoms with Crippen LogP contribution in [0, 0.1) is 18.3 Å². The third-order valence-electron chi connectivity index (χ3n) is 4.25. The fourth-order valence-corrected chi connectivity index (χ4v) is 3.89. The summed E-state index contributed by atoms with van der Waals surface area (Å²) in [6.45, 7) is 1.94. The molecular weight excluding hydrogens is 360 g/mol. The number of methoxy groups -OCH3 is 1. The second kappa shape index (κ2) is 8.02. The highest BCUT2D eigenvalue weighted by Crippen LogP contribution is 2.38. The van der Waals surface area contributed by atoms with Crippen molar-refractivity contribution in [3.63, 3.8) is 0 Å². The first-order chi connectivity index (χ1) is 13.0. The highest BCUT2D eigenvalue weighted by molar-refractivity contribution is 7.11. The third-order valence-corrected chi connectivity index (χ3v) is 5.27. The predicted molar refractivity (Wildman–Crippen MR) is 104 cm³/mol. The van der Waals surface area contributed by atoms with Gasteiger partial charge in [-0.15, -0.1) is 11.3 Å². The number of ether oxygens (including phenoxy) is 1. The van der Waals surface area contributed by atoms with Crippen LogP contribution in [0.5, 0.6) is 5.75 Å². The van der Waals surface area contributed by atoms with Crippen LogP contribution in [0.15, 0.2) is 48.7 Å². The zero-order chi connectivity index (χ0) is 19.4. The van der Waals surface area contributed by atoms with E-state index in [0.717, 1.165) is 26.6 Å². The van der Waals surface area contributed by atoms with Gasteiger partial charge in [-0.2, -0.15) is 5.26 Å². The Morgan fingerprint density at radius 3 is 2.70 bits per heavy atom. The van der Waals surface area contributed by atoms with Gasteiger partial charge in [-0.1, -0.05) is 18.2 Å². The zero-order valence-corrected chi connectivity index (χ0v) is 15.8. The summed E-state index contributed by atoms with van der Waals surface area (Å²) in [5, 5.41) is 19.3. The minimum absolute atomic E-state index is 0.0784. The SMILES string of the molecule is COc1ccc(-c2cccc(C#N)c2)cc1C(CC(=O)O)c1ncc(C)s1. The van der Waals surface area contributed by atoms with Gasteiger partial charge in [0.1, 0.15) is 10.8 Å². The van der Waals surface area contributed by atoms with E-state index in [1.165, 1.54) is 11.3 Å². The molecular formula is C21H18N2O3S. The van der Waals surface area contributed by atoms with E-state index >= 15 is 0 Å². The molecule has 0 saturated heterocycles. The number of hydrogen-bond donors (Lipinski definition) is 1. The Labute approximate surface area is 161 Å². The van der Waals surface area contributed by atoms with Crippen molar-refractivity contribution in [3.05, 3.63) is 69.7 Å². The number of nitrogens with zero attached hydrogens (tertiary/aromatic N) is 2. The third kappa shape index (κ3) is 4.15. The summed E-state index contributed by atoms with van der Waals surface area (Å²) in [5.41, 5.74) is 3.13. The maximum Gasteiger partial charge on any atom is 0.304 e. The Bertz CT molecular complexity index is 1020. The van der Waals surface area contributed by atoms with Crippen LogP contribution in [0.4, 0.5) is 0 Å². The number of hydrogen-bond acceptors (Lipinski definition) is 5. The van der Waals surface area contributed by atoms with Crippen molar-refractivity contribution >= 4 is 17.3 Å². The van der Waals surface area contributed by atoms with Crippen LogP contribution in [0.25, 0.3) is 11.1 Å². The molecule has 1 N–H and O–H groups in total. The number of nitriles is 1. The molecule has 0 fully saturated rings. The van der Waals surface area contributed by atoms with Gasteiger partial charge in [0.15, 0.2) is 0 Å². The number of aliphatic carboxylic acids is 1. The van der Waals surface area contributed by atoms with Crippen molar-refractivity contribution < 1.29 is 14.6 Å². The number of aryl methyl sites for hydroxylation is 1. The summed E-state index contributed by atoms with van der Waals surface area (Å²) in [5.74, 6) is -0.684. The minimum Gasteiger partial charge on any atom is -0.496 e. The molecule has 1 atom stereocenters. The second-order valence-electron chi connectivity index (χ2n) is 6.11. The summed E-state index contributed by atoms with van der Waals surface area (Å²) in [4.78, 5) is 16.9. The quantitative estimate of drug-likeness (QED) is 0.677. The maximum atomic E-state index is 11.5. The topological polar surface area (TPSA) is 83.2 Å². The van der Waals surface area contributed by atoms with Gasteiger partial charge in [-0.3, -0.25) is 4.79 Å². The normalized spacial score (nSPS) is 11.6. The summed E-state index contributed by atoms with van der Waals surface area (Å²) in [6.07, 6.45) is 1.67. The number of carboxylic acids is 1. The van der Waals surface area contributed by atoms with Gasteiger partial charge >= 0.3 is 5.97 Å². The molecule has 0 aliphatic heterocycles. The van der Waals surface area contributed by atoms with E-state index in [2.05, 4.69) is 11.1 Å². The van der Waals surface area contributed by atoms with Crippen molar-refractivity contribution in [1.82, 2.24) is 4.98 Å². The summed E-state index contributed by atoms with van der Waals surface area (Å²) >= 11 is 1.49. The molecule has 0 amide bonds. The van der Waals surface area contributed by atoms with Gasteiger partial charge in [0.25, 0.3) is 0 Å². The smallest absolute Gasteiger partial charge is 0.304 e. The molecule has 2 aromatic carbocycles. The molecule has 27 heavy (non-hydrogen) atoms. The number of benzene rings is 2. The largest absolute Gasteiger partial charge is 0.496 e. The van der Waals surface area contributed by atoms with Crippen LogP contribution >= 0.6 is 11.3 Å². The zero-order valence-electron chi connectivity index (χ0n) is 15.0. The average molecular weight is 378 g/mol. The van der Waals surface area contributed by atoms with Crippen molar-refractivity contribution in [1.29, 1.82) is 5.26 Å². The van der Waals surface area contributed by atoms with E-state index in [-0.39, 0.29) is 6.42 Å². The van der Waals surface area contributed by atoms with Crippen molar-refractivity contribution in [3.8, 4) is 22.9 Å². The molecule has 5 nitrogen and oxygen atoms in total. The number of carbonyl (C=O) groups is 1. The summed E-state index contributed by atoms with van der Waals surface area (Å²) in [7, 11) is 1.57. The molecule has 3 aromatic rings. The van der Waals surface area contributed by atoms with Gasteiger partial charge in [0.05, 0.1) is 31.1 Å². The van der Waals surface area contributed by atoms with E-state index < -0.39 is 11.9 Å². The molecule has 1 aromatic heterocycles. The Morgan fingerprint density at radius 2 is 2.07 bits per heavy atom. The lowest BCUT2D eigenvalue weighted by Crippen LogP contribution is -2.09. The van der Waals surface area contributed by atoms with Crippen molar-refractivity contribution in [2.45, 2.75) is 19.3 Å². The van der Waals surface area contributed by atoms with Crippen molar-refractivity contribution in [2.24, 2.45) is 0 Å². The van der Waals surface area contributed by atoms with Crippen LogP contribution in [0.2, 0.25) is 0 Å². The van der Waals surface area contributed by atoms with Gasteiger partial charge in [0, 0.05) is 16.6 Å². The van der Waals surface area contributed by atoms with Crippen LogP contribution in [-0.4, -0.2) is 23.2 Å². The first-order valence-corrected chi connectivity index (χ1v) is 9.16. The van der Waals surface area contributed by atoms with Crippen LogP contribution in [0.3, 0.4) is 0 Å². The lowest BCUT2D eigenvalue weighted by molar-refractivity contribution is -0.137. The molecule has 1 heterocycles. The molecule has 136 valence electrons. The summed E-state index contributed by atoms with van der Waals surface area (Å²) < 4.78 is 5.50. The van der Waals surface area contributed by atoms with E-state index in [1.54, 1.807) is 19.4 Å². The standard InChI is InChI=1S/C21H18N2O3S/c1-13-12-23-21(27-13)18(10-20(24)25)17-9-16(6-7-19(17)26-2)15-5-3-4-14(8-15)11-22/h3-9,12,18H,10H2,1-2H3,(H,24,25). The maximum absolute atomic E-state index is 11.5.